The molecule has 1 fully saturated rings. The van der Waals surface area contributed by atoms with E-state index in [0.717, 1.165) is 12.3 Å². The fourth-order valence-electron chi connectivity index (χ4n) is 2.26. The molecule has 3 heteroatoms. The molecule has 1 unspecified atom stereocenters. The van der Waals surface area contributed by atoms with E-state index >= 15 is 0 Å². The first-order chi connectivity index (χ1) is 9.92. The minimum Gasteiger partial charge on any atom is -0.489 e. The normalized spacial score (nSPS) is 18.7. The third-order valence-corrected chi connectivity index (χ3v) is 4.66. The number of benzene rings is 2. The molecule has 1 N–H and O–H groups in total. The van der Waals surface area contributed by atoms with Crippen molar-refractivity contribution in [2.24, 2.45) is 0 Å². The molecule has 1 saturated heterocycles. The van der Waals surface area contributed by atoms with Gasteiger partial charge in [0.25, 0.3) is 0 Å². The first-order valence-corrected chi connectivity index (χ1v) is 8.08. The minimum absolute atomic E-state index is 0.437. The highest BCUT2D eigenvalue weighted by atomic mass is 32.2. The molecule has 1 aliphatic rings. The Kier molecular flexibility index (Phi) is 4.61. The summed E-state index contributed by atoms with van der Waals surface area (Å²) in [5, 5.41) is 3.97. The third-order valence-electron chi connectivity index (χ3n) is 3.37. The second-order valence-corrected chi connectivity index (χ2v) is 6.11. The maximum atomic E-state index is 5.81. The second kappa shape index (κ2) is 6.82. The number of ether oxygens (including phenoxy) is 1. The molecule has 1 heterocycles. The smallest absolute Gasteiger partial charge is 0.119 e. The maximum absolute atomic E-state index is 5.81. The van der Waals surface area contributed by atoms with E-state index in [9.17, 15) is 0 Å². The molecule has 0 spiro atoms. The van der Waals surface area contributed by atoms with Gasteiger partial charge in [-0.3, -0.25) is 0 Å². The van der Waals surface area contributed by atoms with Crippen molar-refractivity contribution in [3.63, 3.8) is 0 Å². The average Bonchev–Trinajstić information content (AvgIpc) is 2.55. The van der Waals surface area contributed by atoms with Crippen molar-refractivity contribution in [2.45, 2.75) is 18.4 Å². The van der Waals surface area contributed by atoms with Crippen LogP contribution in [0.4, 0.5) is 0 Å². The Morgan fingerprint density at radius 2 is 1.85 bits per heavy atom. The molecule has 2 aromatic rings. The summed E-state index contributed by atoms with van der Waals surface area (Å²) in [6.45, 7) is 1.74. The van der Waals surface area contributed by atoms with Gasteiger partial charge < -0.3 is 10.1 Å². The van der Waals surface area contributed by atoms with Crippen LogP contribution < -0.4 is 10.1 Å². The molecule has 0 saturated carbocycles. The van der Waals surface area contributed by atoms with Gasteiger partial charge in [-0.15, -0.1) is 11.8 Å². The summed E-state index contributed by atoms with van der Waals surface area (Å²) in [4.78, 5) is 0. The zero-order valence-corrected chi connectivity index (χ0v) is 12.2. The molecule has 2 nitrogen and oxygen atoms in total. The number of hydrogen-bond donors (Lipinski definition) is 1. The van der Waals surface area contributed by atoms with Crippen LogP contribution in [0.1, 0.15) is 22.9 Å². The summed E-state index contributed by atoms with van der Waals surface area (Å²) in [5.74, 6) is 2.17. The molecule has 0 aromatic heterocycles. The van der Waals surface area contributed by atoms with Gasteiger partial charge in [0.2, 0.25) is 0 Å². The molecular formula is C17H19NOS. The highest BCUT2D eigenvalue weighted by Gasteiger charge is 2.14. The van der Waals surface area contributed by atoms with Gasteiger partial charge in [-0.05, 0) is 42.0 Å². The Bertz CT molecular complexity index is 520. The van der Waals surface area contributed by atoms with Crippen LogP contribution in [0.2, 0.25) is 0 Å². The van der Waals surface area contributed by atoms with Crippen molar-refractivity contribution >= 4 is 11.8 Å². The zero-order chi connectivity index (χ0) is 13.6. The van der Waals surface area contributed by atoms with Crippen molar-refractivity contribution in [1.29, 1.82) is 0 Å². The topological polar surface area (TPSA) is 21.3 Å². The number of rotatable bonds is 4. The van der Waals surface area contributed by atoms with E-state index in [4.69, 9.17) is 4.74 Å². The molecule has 0 bridgehead atoms. The van der Waals surface area contributed by atoms with Gasteiger partial charge in [-0.1, -0.05) is 42.5 Å². The molecule has 104 valence electrons. The fraction of sp³-hybridized carbons (Fsp3) is 0.294. The lowest BCUT2D eigenvalue weighted by atomic mass is 10.2. The van der Waals surface area contributed by atoms with Crippen molar-refractivity contribution in [3.8, 4) is 5.75 Å². The van der Waals surface area contributed by atoms with E-state index < -0.39 is 0 Å². The lowest BCUT2D eigenvalue weighted by Gasteiger charge is -2.23. The highest BCUT2D eigenvalue weighted by Crippen LogP contribution is 2.30. The molecule has 1 atom stereocenters. The lowest BCUT2D eigenvalue weighted by Crippen LogP contribution is -2.25. The van der Waals surface area contributed by atoms with E-state index in [0.29, 0.717) is 12.0 Å². The summed E-state index contributed by atoms with van der Waals surface area (Å²) >= 11 is 1.98. The second-order valence-electron chi connectivity index (χ2n) is 4.90. The molecule has 2 aromatic carbocycles. The Morgan fingerprint density at radius 1 is 1.05 bits per heavy atom. The molecule has 3 rings (SSSR count). The molecule has 1 aliphatic heterocycles. The fourth-order valence-corrected chi connectivity index (χ4v) is 3.39. The van der Waals surface area contributed by atoms with E-state index in [-0.39, 0.29) is 0 Å². The quantitative estimate of drug-likeness (QED) is 0.917. The molecule has 0 radical (unpaired) electrons. The molecule has 0 aliphatic carbocycles. The van der Waals surface area contributed by atoms with Gasteiger partial charge in [-0.25, -0.2) is 0 Å². The standard InChI is InChI=1S/C17H19NOS/c1-2-5-14(6-3-1)13-19-16-9-7-15(8-10-16)17-18-11-4-12-20-17/h1-3,5-10,17-18H,4,11-13H2. The van der Waals surface area contributed by atoms with Crippen LogP contribution in [0, 0.1) is 0 Å². The van der Waals surface area contributed by atoms with Crippen molar-refractivity contribution in [1.82, 2.24) is 5.32 Å². The van der Waals surface area contributed by atoms with Gasteiger partial charge in [-0.2, -0.15) is 0 Å². The van der Waals surface area contributed by atoms with Crippen LogP contribution >= 0.6 is 11.8 Å². The predicted octanol–water partition coefficient (Wildman–Crippen LogP) is 3.99. The first kappa shape index (κ1) is 13.5. The van der Waals surface area contributed by atoms with Crippen LogP contribution in [-0.2, 0) is 6.61 Å². The van der Waals surface area contributed by atoms with Gasteiger partial charge in [0, 0.05) is 0 Å². The van der Waals surface area contributed by atoms with E-state index in [1.165, 1.54) is 23.3 Å². The summed E-state index contributed by atoms with van der Waals surface area (Å²) in [7, 11) is 0. The Labute approximate surface area is 124 Å². The molecule has 20 heavy (non-hydrogen) atoms. The highest BCUT2D eigenvalue weighted by molar-refractivity contribution is 7.99. The average molecular weight is 285 g/mol. The van der Waals surface area contributed by atoms with Crippen LogP contribution in [-0.4, -0.2) is 12.3 Å². The Balaban J connectivity index is 1.58. The van der Waals surface area contributed by atoms with E-state index in [2.05, 4.69) is 41.7 Å². The SMILES string of the molecule is c1ccc(COc2ccc(C3NCCCS3)cc2)cc1. The van der Waals surface area contributed by atoms with Crippen molar-refractivity contribution in [2.75, 3.05) is 12.3 Å². The van der Waals surface area contributed by atoms with Gasteiger partial charge >= 0.3 is 0 Å². The van der Waals surface area contributed by atoms with Crippen LogP contribution in [0.5, 0.6) is 5.75 Å². The number of thioether (sulfide) groups is 1. The Hall–Kier alpha value is -1.45. The number of nitrogens with one attached hydrogen (secondary N) is 1. The summed E-state index contributed by atoms with van der Waals surface area (Å²) in [6.07, 6.45) is 1.26. The van der Waals surface area contributed by atoms with Crippen LogP contribution in [0.25, 0.3) is 0 Å². The summed E-state index contributed by atoms with van der Waals surface area (Å²) in [6, 6.07) is 18.7. The third kappa shape index (κ3) is 3.56. The Morgan fingerprint density at radius 3 is 2.55 bits per heavy atom. The monoisotopic (exact) mass is 285 g/mol. The first-order valence-electron chi connectivity index (χ1n) is 7.03. The number of hydrogen-bond acceptors (Lipinski definition) is 3. The van der Waals surface area contributed by atoms with Gasteiger partial charge in [0.15, 0.2) is 0 Å². The largest absolute Gasteiger partial charge is 0.489 e. The summed E-state index contributed by atoms with van der Waals surface area (Å²) in [5.41, 5.74) is 2.53. The van der Waals surface area contributed by atoms with Gasteiger partial charge in [0.05, 0.1) is 5.37 Å². The van der Waals surface area contributed by atoms with Crippen LogP contribution in [0.3, 0.4) is 0 Å². The van der Waals surface area contributed by atoms with Crippen molar-refractivity contribution in [3.05, 3.63) is 65.7 Å². The predicted molar refractivity (Wildman–Crippen MR) is 85.0 cm³/mol. The summed E-state index contributed by atoms with van der Waals surface area (Å²) < 4.78 is 5.81. The zero-order valence-electron chi connectivity index (χ0n) is 11.4. The van der Waals surface area contributed by atoms with Crippen molar-refractivity contribution < 1.29 is 4.74 Å². The van der Waals surface area contributed by atoms with Gasteiger partial charge in [0.1, 0.15) is 12.4 Å². The van der Waals surface area contributed by atoms with Crippen LogP contribution in [0.15, 0.2) is 54.6 Å². The van der Waals surface area contributed by atoms with E-state index in [1.807, 2.05) is 30.0 Å². The maximum Gasteiger partial charge on any atom is 0.119 e. The minimum atomic E-state index is 0.437. The molecular weight excluding hydrogens is 266 g/mol. The molecule has 0 amide bonds. The van der Waals surface area contributed by atoms with E-state index in [1.54, 1.807) is 0 Å². The lowest BCUT2D eigenvalue weighted by molar-refractivity contribution is 0.306.